The molecule has 0 saturated heterocycles. The van der Waals surface area contributed by atoms with E-state index in [9.17, 15) is 5.11 Å². The molecule has 118 valence electrons. The smallest absolute Gasteiger partial charge is 0.118 e. The molecule has 0 fully saturated rings. The van der Waals surface area contributed by atoms with Crippen LogP contribution in [-0.2, 0) is 7.05 Å². The molecule has 4 aromatic rings. The van der Waals surface area contributed by atoms with Crippen molar-refractivity contribution in [3.05, 3.63) is 73.2 Å². The highest BCUT2D eigenvalue weighted by Crippen LogP contribution is 2.34. The van der Waals surface area contributed by atoms with Crippen LogP contribution in [0.15, 0.2) is 73.2 Å². The molecule has 2 heterocycles. The molecule has 0 atom stereocenters. The Morgan fingerprint density at radius 1 is 1.00 bits per heavy atom. The number of hydrogen-bond donors (Lipinski definition) is 2. The van der Waals surface area contributed by atoms with E-state index in [2.05, 4.69) is 33.1 Å². The summed E-state index contributed by atoms with van der Waals surface area (Å²) >= 11 is 0. The molecule has 0 saturated carbocycles. The van der Waals surface area contributed by atoms with E-state index >= 15 is 0 Å². The van der Waals surface area contributed by atoms with E-state index < -0.39 is 0 Å². The van der Waals surface area contributed by atoms with Gasteiger partial charge in [0.1, 0.15) is 5.75 Å². The second kappa shape index (κ2) is 5.74. The van der Waals surface area contributed by atoms with Gasteiger partial charge < -0.3 is 15.0 Å². The van der Waals surface area contributed by atoms with E-state index in [0.29, 0.717) is 0 Å². The van der Waals surface area contributed by atoms with Gasteiger partial charge in [-0.1, -0.05) is 18.2 Å². The normalized spacial score (nSPS) is 10.9. The third kappa shape index (κ3) is 2.58. The number of pyridine rings is 1. The van der Waals surface area contributed by atoms with Crippen molar-refractivity contribution < 1.29 is 5.11 Å². The maximum Gasteiger partial charge on any atom is 0.118 e. The molecule has 2 N–H and O–H groups in total. The quantitative estimate of drug-likeness (QED) is 0.576. The van der Waals surface area contributed by atoms with Crippen molar-refractivity contribution in [3.63, 3.8) is 0 Å². The predicted octanol–water partition coefficient (Wildman–Crippen LogP) is 4.69. The third-order valence-corrected chi connectivity index (χ3v) is 4.08. The lowest BCUT2D eigenvalue weighted by Crippen LogP contribution is -1.93. The Balaban J connectivity index is 1.82. The summed E-state index contributed by atoms with van der Waals surface area (Å²) in [6.45, 7) is 0. The van der Waals surface area contributed by atoms with Gasteiger partial charge in [0.05, 0.1) is 17.4 Å². The number of anilines is 2. The van der Waals surface area contributed by atoms with Crippen LogP contribution >= 0.6 is 0 Å². The highest BCUT2D eigenvalue weighted by atomic mass is 16.3. The van der Waals surface area contributed by atoms with Crippen molar-refractivity contribution >= 4 is 22.3 Å². The van der Waals surface area contributed by atoms with Crippen LogP contribution in [0.2, 0.25) is 0 Å². The first-order valence-electron chi connectivity index (χ1n) is 7.76. The Morgan fingerprint density at radius 3 is 2.75 bits per heavy atom. The second-order valence-corrected chi connectivity index (χ2v) is 5.81. The minimum atomic E-state index is 0.227. The van der Waals surface area contributed by atoms with Crippen LogP contribution in [0, 0.1) is 0 Å². The van der Waals surface area contributed by atoms with E-state index in [4.69, 9.17) is 0 Å². The van der Waals surface area contributed by atoms with E-state index in [1.54, 1.807) is 24.5 Å². The number of phenolic OH excluding ortho intramolecular Hbond substituents is 1. The molecular formula is C20H17N3O. The van der Waals surface area contributed by atoms with Crippen molar-refractivity contribution in [1.82, 2.24) is 9.55 Å². The SMILES string of the molecule is Cn1ccc2cccc(-c3cc(O)cc(Nc4cccnc4)c3)c21. The number of rotatable bonds is 3. The van der Waals surface area contributed by atoms with Crippen LogP contribution in [0.5, 0.6) is 5.75 Å². The lowest BCUT2D eigenvalue weighted by molar-refractivity contribution is 0.476. The van der Waals surface area contributed by atoms with E-state index in [1.807, 2.05) is 37.5 Å². The first kappa shape index (κ1) is 14.3. The topological polar surface area (TPSA) is 50.1 Å². The number of fused-ring (bicyclic) bond motifs is 1. The average molecular weight is 315 g/mol. The fourth-order valence-corrected chi connectivity index (χ4v) is 3.03. The number of benzene rings is 2. The number of phenols is 1. The summed E-state index contributed by atoms with van der Waals surface area (Å²) in [6, 6.07) is 17.6. The van der Waals surface area contributed by atoms with Gasteiger partial charge in [-0.05, 0) is 35.9 Å². The summed E-state index contributed by atoms with van der Waals surface area (Å²) < 4.78 is 2.10. The highest BCUT2D eigenvalue weighted by Gasteiger charge is 2.09. The lowest BCUT2D eigenvalue weighted by Gasteiger charge is -2.11. The van der Waals surface area contributed by atoms with Gasteiger partial charge in [-0.25, -0.2) is 0 Å². The fourth-order valence-electron chi connectivity index (χ4n) is 3.03. The summed E-state index contributed by atoms with van der Waals surface area (Å²) in [5.74, 6) is 0.227. The number of nitrogens with zero attached hydrogens (tertiary/aromatic N) is 2. The summed E-state index contributed by atoms with van der Waals surface area (Å²) in [4.78, 5) is 4.10. The fraction of sp³-hybridized carbons (Fsp3) is 0.0500. The Kier molecular flexibility index (Phi) is 3.43. The molecule has 0 aliphatic rings. The number of nitrogens with one attached hydrogen (secondary N) is 1. The molecular weight excluding hydrogens is 298 g/mol. The largest absolute Gasteiger partial charge is 0.508 e. The van der Waals surface area contributed by atoms with Crippen LogP contribution in [-0.4, -0.2) is 14.7 Å². The number of para-hydroxylation sites is 1. The van der Waals surface area contributed by atoms with Crippen molar-refractivity contribution in [1.29, 1.82) is 0 Å². The molecule has 0 unspecified atom stereocenters. The number of aromatic hydroxyl groups is 1. The molecule has 0 amide bonds. The minimum absolute atomic E-state index is 0.227. The van der Waals surface area contributed by atoms with Gasteiger partial charge >= 0.3 is 0 Å². The van der Waals surface area contributed by atoms with Crippen LogP contribution in [0.4, 0.5) is 11.4 Å². The molecule has 0 bridgehead atoms. The molecule has 0 aliphatic carbocycles. The van der Waals surface area contributed by atoms with Gasteiger partial charge in [0, 0.05) is 42.1 Å². The lowest BCUT2D eigenvalue weighted by atomic mass is 10.0. The Labute approximate surface area is 140 Å². The van der Waals surface area contributed by atoms with Gasteiger partial charge in [-0.3, -0.25) is 4.98 Å². The summed E-state index contributed by atoms with van der Waals surface area (Å²) in [7, 11) is 2.03. The zero-order valence-corrected chi connectivity index (χ0v) is 13.3. The maximum absolute atomic E-state index is 10.2. The summed E-state index contributed by atoms with van der Waals surface area (Å²) in [5, 5.41) is 14.6. The molecule has 0 radical (unpaired) electrons. The first-order chi connectivity index (χ1) is 11.7. The third-order valence-electron chi connectivity index (χ3n) is 4.08. The van der Waals surface area contributed by atoms with Gasteiger partial charge in [-0.2, -0.15) is 0 Å². The summed E-state index contributed by atoms with van der Waals surface area (Å²) in [5.41, 5.74) is 4.91. The highest BCUT2D eigenvalue weighted by molar-refractivity contribution is 5.95. The second-order valence-electron chi connectivity index (χ2n) is 5.81. The monoisotopic (exact) mass is 315 g/mol. The van der Waals surface area contributed by atoms with E-state index in [1.165, 1.54) is 5.39 Å². The van der Waals surface area contributed by atoms with Gasteiger partial charge in [0.2, 0.25) is 0 Å². The van der Waals surface area contributed by atoms with Crippen molar-refractivity contribution in [2.24, 2.45) is 7.05 Å². The van der Waals surface area contributed by atoms with Crippen molar-refractivity contribution in [3.8, 4) is 16.9 Å². The zero-order valence-electron chi connectivity index (χ0n) is 13.3. The number of hydrogen-bond acceptors (Lipinski definition) is 3. The van der Waals surface area contributed by atoms with E-state index in [0.717, 1.165) is 28.0 Å². The minimum Gasteiger partial charge on any atom is -0.508 e. The zero-order chi connectivity index (χ0) is 16.5. The molecule has 4 rings (SSSR count). The summed E-state index contributed by atoms with van der Waals surface area (Å²) in [6.07, 6.45) is 5.53. The molecule has 4 heteroatoms. The van der Waals surface area contributed by atoms with Gasteiger partial charge in [0.15, 0.2) is 0 Å². The standard InChI is InChI=1S/C20H17N3O/c1-23-9-7-14-4-2-6-19(20(14)23)15-10-17(12-18(24)11-15)22-16-5-3-8-21-13-16/h2-13,22,24H,1H3. The average Bonchev–Trinajstić information content (AvgIpc) is 2.97. The van der Waals surface area contributed by atoms with Crippen molar-refractivity contribution in [2.75, 3.05) is 5.32 Å². The first-order valence-corrected chi connectivity index (χ1v) is 7.76. The Bertz CT molecular complexity index is 1010. The predicted molar refractivity (Wildman–Crippen MR) is 97.5 cm³/mol. The van der Waals surface area contributed by atoms with Gasteiger partial charge in [0.25, 0.3) is 0 Å². The number of aryl methyl sites for hydroxylation is 1. The molecule has 4 nitrogen and oxygen atoms in total. The Hall–Kier alpha value is -3.27. The van der Waals surface area contributed by atoms with Gasteiger partial charge in [-0.15, -0.1) is 0 Å². The molecule has 2 aromatic carbocycles. The van der Waals surface area contributed by atoms with Crippen LogP contribution in [0.25, 0.3) is 22.0 Å². The molecule has 2 aromatic heterocycles. The Morgan fingerprint density at radius 2 is 1.92 bits per heavy atom. The number of aromatic nitrogens is 2. The van der Waals surface area contributed by atoms with E-state index in [-0.39, 0.29) is 5.75 Å². The maximum atomic E-state index is 10.2. The van der Waals surface area contributed by atoms with Crippen molar-refractivity contribution in [2.45, 2.75) is 0 Å². The van der Waals surface area contributed by atoms with Crippen LogP contribution < -0.4 is 5.32 Å². The molecule has 0 spiro atoms. The van der Waals surface area contributed by atoms with Crippen LogP contribution in [0.1, 0.15) is 0 Å². The molecule has 0 aliphatic heterocycles. The van der Waals surface area contributed by atoms with Crippen LogP contribution in [0.3, 0.4) is 0 Å². The molecule has 24 heavy (non-hydrogen) atoms.